The maximum Gasteiger partial charge on any atom is 0.338 e. The van der Waals surface area contributed by atoms with Gasteiger partial charge in [0.05, 0.1) is 29.8 Å². The monoisotopic (exact) mass is 650 g/mol. The van der Waals surface area contributed by atoms with Crippen LogP contribution in [-0.2, 0) is 20.5 Å². The predicted molar refractivity (Wildman–Crippen MR) is 166 cm³/mol. The number of aromatic nitrogens is 2. The van der Waals surface area contributed by atoms with Crippen molar-refractivity contribution in [2.24, 2.45) is 5.41 Å². The standard InChI is InChI=1S/C33H32F2N4O6S/c34-26-17-27(35)19-28(18-26)39-31(40)30(44-22-33(11-12-33)23-45-32(41)25-9-5-2-6-10-25)29(20-36-39)37-13-15-38(16-14-37)46(42,43)21-24-7-3-1-4-8-24/h1-10,17-20H,11-16,21-23H2. The molecule has 1 aromatic heterocycles. The maximum absolute atomic E-state index is 14.1. The Morgan fingerprint density at radius 1 is 0.870 bits per heavy atom. The molecule has 1 saturated heterocycles. The highest BCUT2D eigenvalue weighted by Gasteiger charge is 2.45. The second-order valence-electron chi connectivity index (χ2n) is 11.6. The molecule has 1 saturated carbocycles. The smallest absolute Gasteiger partial charge is 0.338 e. The van der Waals surface area contributed by atoms with Gasteiger partial charge in [0.25, 0.3) is 0 Å². The normalized spacial score (nSPS) is 16.2. The van der Waals surface area contributed by atoms with Gasteiger partial charge in [-0.15, -0.1) is 0 Å². The van der Waals surface area contributed by atoms with Crippen molar-refractivity contribution in [3.63, 3.8) is 0 Å². The first-order valence-corrected chi connectivity index (χ1v) is 16.4. The SMILES string of the molecule is O=C(OCC1(COc2c(N3CCN(S(=O)(=O)Cc4ccccc4)CC3)cnn(-c3cc(F)cc(F)c3)c2=O)CC1)c1ccccc1. The fourth-order valence-electron chi connectivity index (χ4n) is 5.33. The third-order valence-electron chi connectivity index (χ3n) is 8.17. The number of anilines is 1. The van der Waals surface area contributed by atoms with Crippen LogP contribution in [0.15, 0.2) is 89.9 Å². The molecule has 46 heavy (non-hydrogen) atoms. The number of hydrogen-bond donors (Lipinski definition) is 0. The van der Waals surface area contributed by atoms with Crippen LogP contribution in [0.2, 0.25) is 0 Å². The van der Waals surface area contributed by atoms with Gasteiger partial charge in [-0.3, -0.25) is 4.79 Å². The summed E-state index contributed by atoms with van der Waals surface area (Å²) >= 11 is 0. The summed E-state index contributed by atoms with van der Waals surface area (Å²) in [6, 6.07) is 20.2. The Morgan fingerprint density at radius 3 is 2.13 bits per heavy atom. The van der Waals surface area contributed by atoms with E-state index in [1.807, 2.05) is 11.0 Å². The number of benzene rings is 3. The molecule has 3 aromatic carbocycles. The zero-order valence-corrected chi connectivity index (χ0v) is 25.7. The fraction of sp³-hybridized carbons (Fsp3) is 0.303. The zero-order valence-electron chi connectivity index (χ0n) is 24.8. The van der Waals surface area contributed by atoms with Crippen LogP contribution in [0, 0.1) is 17.0 Å². The average molecular weight is 651 g/mol. The van der Waals surface area contributed by atoms with Gasteiger partial charge >= 0.3 is 11.5 Å². The summed E-state index contributed by atoms with van der Waals surface area (Å²) in [4.78, 5) is 28.1. The number of hydrogen-bond acceptors (Lipinski definition) is 8. The van der Waals surface area contributed by atoms with Crippen LogP contribution in [0.25, 0.3) is 5.69 Å². The second-order valence-corrected chi connectivity index (χ2v) is 13.5. The molecule has 0 radical (unpaired) electrons. The van der Waals surface area contributed by atoms with Gasteiger partial charge < -0.3 is 14.4 Å². The molecule has 6 rings (SSSR count). The summed E-state index contributed by atoms with van der Waals surface area (Å²) in [5.41, 5.74) is 0.0800. The van der Waals surface area contributed by atoms with E-state index < -0.39 is 38.6 Å². The molecule has 4 aromatic rings. The summed E-state index contributed by atoms with van der Waals surface area (Å²) in [5, 5.41) is 4.19. The van der Waals surface area contributed by atoms with Gasteiger partial charge in [0.1, 0.15) is 23.9 Å². The van der Waals surface area contributed by atoms with Gasteiger partial charge in [-0.05, 0) is 42.7 Å². The minimum Gasteiger partial charge on any atom is -0.485 e. The van der Waals surface area contributed by atoms with Gasteiger partial charge in [-0.1, -0.05) is 48.5 Å². The number of esters is 1. The molecule has 1 aliphatic carbocycles. The minimum absolute atomic E-state index is 0.0459. The van der Waals surface area contributed by atoms with E-state index >= 15 is 0 Å². The number of ether oxygens (including phenoxy) is 2. The number of sulfonamides is 1. The first-order valence-electron chi connectivity index (χ1n) is 14.8. The summed E-state index contributed by atoms with van der Waals surface area (Å²) in [5.74, 6) is -2.44. The van der Waals surface area contributed by atoms with Gasteiger partial charge in [0.15, 0.2) is 0 Å². The van der Waals surface area contributed by atoms with Crippen LogP contribution >= 0.6 is 0 Å². The molecule has 0 spiro atoms. The van der Waals surface area contributed by atoms with Crippen molar-refractivity contribution in [2.75, 3.05) is 44.3 Å². The molecule has 10 nitrogen and oxygen atoms in total. The van der Waals surface area contributed by atoms with E-state index in [-0.39, 0.29) is 56.6 Å². The Hall–Kier alpha value is -4.62. The Balaban J connectivity index is 1.21. The van der Waals surface area contributed by atoms with E-state index in [9.17, 15) is 26.8 Å². The molecule has 0 N–H and O–H groups in total. The molecule has 0 unspecified atom stereocenters. The molecule has 0 bridgehead atoms. The van der Waals surface area contributed by atoms with Gasteiger partial charge in [-0.2, -0.15) is 14.1 Å². The lowest BCUT2D eigenvalue weighted by Gasteiger charge is -2.35. The second kappa shape index (κ2) is 13.0. The van der Waals surface area contributed by atoms with Crippen molar-refractivity contribution in [1.29, 1.82) is 0 Å². The van der Waals surface area contributed by atoms with Gasteiger partial charge in [0, 0.05) is 37.7 Å². The topological polar surface area (TPSA) is 111 Å². The van der Waals surface area contributed by atoms with Crippen molar-refractivity contribution in [3.8, 4) is 11.4 Å². The largest absolute Gasteiger partial charge is 0.485 e. The fourth-order valence-corrected chi connectivity index (χ4v) is 6.84. The highest BCUT2D eigenvalue weighted by molar-refractivity contribution is 7.88. The summed E-state index contributed by atoms with van der Waals surface area (Å²) in [6.07, 6.45) is 2.79. The van der Waals surface area contributed by atoms with E-state index in [0.717, 1.165) is 16.8 Å². The van der Waals surface area contributed by atoms with Crippen LogP contribution in [-0.4, -0.2) is 67.9 Å². The quantitative estimate of drug-likeness (QED) is 0.223. The molecule has 2 heterocycles. The number of nitrogens with zero attached hydrogens (tertiary/aromatic N) is 4. The van der Waals surface area contributed by atoms with Crippen LogP contribution in [0.1, 0.15) is 28.8 Å². The molecular formula is C33H32F2N4O6S. The van der Waals surface area contributed by atoms with E-state index in [1.54, 1.807) is 54.6 Å². The molecule has 0 amide bonds. The Bertz CT molecular complexity index is 1860. The first kappa shape index (κ1) is 31.4. The third-order valence-corrected chi connectivity index (χ3v) is 10.0. The van der Waals surface area contributed by atoms with E-state index in [4.69, 9.17) is 9.47 Å². The first-order chi connectivity index (χ1) is 22.1. The van der Waals surface area contributed by atoms with Crippen LogP contribution in [0.3, 0.4) is 0 Å². The molecule has 13 heteroatoms. The summed E-state index contributed by atoms with van der Waals surface area (Å²) < 4.78 is 68.3. The summed E-state index contributed by atoms with van der Waals surface area (Å²) in [7, 11) is -3.58. The summed E-state index contributed by atoms with van der Waals surface area (Å²) in [6.45, 7) is 0.985. The van der Waals surface area contributed by atoms with E-state index in [0.29, 0.717) is 35.7 Å². The minimum atomic E-state index is -3.58. The van der Waals surface area contributed by atoms with Crippen molar-refractivity contribution in [2.45, 2.75) is 18.6 Å². The molecule has 2 fully saturated rings. The number of piperazine rings is 1. The molecular weight excluding hydrogens is 618 g/mol. The Morgan fingerprint density at radius 2 is 1.50 bits per heavy atom. The number of rotatable bonds is 11. The highest BCUT2D eigenvalue weighted by Crippen LogP contribution is 2.46. The Kier molecular flexibility index (Phi) is 8.87. The van der Waals surface area contributed by atoms with Crippen LogP contribution < -0.4 is 15.2 Å². The van der Waals surface area contributed by atoms with Crippen LogP contribution in [0.5, 0.6) is 5.75 Å². The third kappa shape index (κ3) is 7.10. The zero-order chi connectivity index (χ0) is 32.3. The van der Waals surface area contributed by atoms with Gasteiger partial charge in [0.2, 0.25) is 15.8 Å². The average Bonchev–Trinajstić information content (AvgIpc) is 3.83. The maximum atomic E-state index is 14.1. The lowest BCUT2D eigenvalue weighted by Crippen LogP contribution is -2.49. The molecule has 0 atom stereocenters. The lowest BCUT2D eigenvalue weighted by molar-refractivity contribution is 0.0364. The lowest BCUT2D eigenvalue weighted by atomic mass is 10.1. The van der Waals surface area contributed by atoms with E-state index in [1.165, 1.54) is 10.5 Å². The number of carbonyl (C=O) groups is 1. The van der Waals surface area contributed by atoms with Gasteiger partial charge in [-0.25, -0.2) is 22.0 Å². The molecule has 240 valence electrons. The van der Waals surface area contributed by atoms with E-state index in [2.05, 4.69) is 5.10 Å². The van der Waals surface area contributed by atoms with Crippen molar-refractivity contribution >= 4 is 21.7 Å². The van der Waals surface area contributed by atoms with Crippen molar-refractivity contribution in [1.82, 2.24) is 14.1 Å². The number of carbonyl (C=O) groups excluding carboxylic acids is 1. The van der Waals surface area contributed by atoms with Crippen molar-refractivity contribution < 1.29 is 31.5 Å². The highest BCUT2D eigenvalue weighted by atomic mass is 32.2. The van der Waals surface area contributed by atoms with Crippen LogP contribution in [0.4, 0.5) is 14.5 Å². The molecule has 2 aliphatic rings. The predicted octanol–water partition coefficient (Wildman–Crippen LogP) is 4.18. The number of halogens is 2. The van der Waals surface area contributed by atoms with Crippen molar-refractivity contribution in [3.05, 3.63) is 118 Å². The Labute approximate surface area is 264 Å². The molecule has 1 aliphatic heterocycles.